The maximum Gasteiger partial charge on any atom is 0.245 e. The zero-order valence-electron chi connectivity index (χ0n) is 9.72. The lowest BCUT2D eigenvalue weighted by atomic mass is 9.93. The first-order chi connectivity index (χ1) is 8.29. The second-order valence-electron chi connectivity index (χ2n) is 4.37. The van der Waals surface area contributed by atoms with Gasteiger partial charge in [0.1, 0.15) is 12.6 Å². The second kappa shape index (κ2) is 3.87. The molecule has 0 fully saturated rings. The highest BCUT2D eigenvalue weighted by atomic mass is 16.5. The Balaban J connectivity index is 2.00. The van der Waals surface area contributed by atoms with Crippen LogP contribution >= 0.6 is 0 Å². The van der Waals surface area contributed by atoms with Crippen molar-refractivity contribution in [1.82, 2.24) is 4.90 Å². The van der Waals surface area contributed by atoms with E-state index in [9.17, 15) is 4.79 Å². The number of rotatable bonds is 0. The number of ether oxygens (including phenoxy) is 1. The fraction of sp³-hybridized carbons (Fsp3) is 0.385. The molecule has 0 radical (unpaired) electrons. The molecule has 2 aliphatic heterocycles. The van der Waals surface area contributed by atoms with Crippen LogP contribution in [-0.4, -0.2) is 36.4 Å². The van der Waals surface area contributed by atoms with Gasteiger partial charge in [-0.05, 0) is 11.1 Å². The molecule has 17 heavy (non-hydrogen) atoms. The SMILES string of the molecule is COC1=NCC(=O)N2Cc3ccccc3C[C@@H]12. The van der Waals surface area contributed by atoms with Crippen molar-refractivity contribution in [1.29, 1.82) is 0 Å². The van der Waals surface area contributed by atoms with E-state index >= 15 is 0 Å². The normalized spacial score (nSPS) is 22.6. The van der Waals surface area contributed by atoms with E-state index in [2.05, 4.69) is 17.1 Å². The number of methoxy groups -OCH3 is 1. The van der Waals surface area contributed by atoms with Gasteiger partial charge in [-0.25, -0.2) is 4.99 Å². The Morgan fingerprint density at radius 2 is 2.12 bits per heavy atom. The second-order valence-corrected chi connectivity index (χ2v) is 4.37. The van der Waals surface area contributed by atoms with Gasteiger partial charge in [0.25, 0.3) is 0 Å². The molecule has 0 saturated heterocycles. The van der Waals surface area contributed by atoms with Gasteiger partial charge in [-0.2, -0.15) is 0 Å². The molecule has 1 aromatic carbocycles. The fourth-order valence-corrected chi connectivity index (χ4v) is 2.55. The summed E-state index contributed by atoms with van der Waals surface area (Å²) in [6, 6.07) is 8.22. The molecular weight excluding hydrogens is 216 g/mol. The third-order valence-corrected chi connectivity index (χ3v) is 3.43. The van der Waals surface area contributed by atoms with E-state index in [0.717, 1.165) is 6.42 Å². The summed E-state index contributed by atoms with van der Waals surface area (Å²) in [4.78, 5) is 17.9. The first-order valence-electron chi connectivity index (χ1n) is 5.74. The number of carbonyl (C=O) groups excluding carboxylic acids is 1. The van der Waals surface area contributed by atoms with Gasteiger partial charge in [-0.15, -0.1) is 0 Å². The molecule has 2 heterocycles. The first kappa shape index (κ1) is 10.3. The molecule has 4 nitrogen and oxygen atoms in total. The Morgan fingerprint density at radius 3 is 2.88 bits per heavy atom. The number of aliphatic imine (C=N–C) groups is 1. The van der Waals surface area contributed by atoms with Gasteiger partial charge in [0.15, 0.2) is 0 Å². The highest BCUT2D eigenvalue weighted by molar-refractivity contribution is 5.94. The summed E-state index contributed by atoms with van der Waals surface area (Å²) < 4.78 is 5.28. The third-order valence-electron chi connectivity index (χ3n) is 3.43. The largest absolute Gasteiger partial charge is 0.483 e. The molecule has 1 amide bonds. The summed E-state index contributed by atoms with van der Waals surface area (Å²) >= 11 is 0. The van der Waals surface area contributed by atoms with Crippen LogP contribution in [-0.2, 0) is 22.5 Å². The summed E-state index contributed by atoms with van der Waals surface area (Å²) in [5.41, 5.74) is 2.52. The van der Waals surface area contributed by atoms with Crippen molar-refractivity contribution in [3.05, 3.63) is 35.4 Å². The molecule has 0 unspecified atom stereocenters. The maximum atomic E-state index is 11.9. The predicted octanol–water partition coefficient (Wildman–Crippen LogP) is 0.998. The summed E-state index contributed by atoms with van der Waals surface area (Å²) in [5.74, 6) is 0.768. The molecule has 0 aromatic heterocycles. The highest BCUT2D eigenvalue weighted by Gasteiger charge is 2.36. The number of nitrogens with zero attached hydrogens (tertiary/aromatic N) is 2. The van der Waals surface area contributed by atoms with Gasteiger partial charge in [-0.1, -0.05) is 24.3 Å². The van der Waals surface area contributed by atoms with E-state index in [0.29, 0.717) is 12.4 Å². The molecular formula is C13H14N2O2. The molecule has 0 aliphatic carbocycles. The Hall–Kier alpha value is -1.84. The summed E-state index contributed by atoms with van der Waals surface area (Å²) in [7, 11) is 1.62. The monoisotopic (exact) mass is 230 g/mol. The predicted molar refractivity (Wildman–Crippen MR) is 63.8 cm³/mol. The van der Waals surface area contributed by atoms with Crippen molar-refractivity contribution in [2.24, 2.45) is 4.99 Å². The lowest BCUT2D eigenvalue weighted by molar-refractivity contribution is -0.132. The minimum atomic E-state index is -0.0175. The number of carbonyl (C=O) groups is 1. The summed E-state index contributed by atoms with van der Waals surface area (Å²) in [6.45, 7) is 0.879. The van der Waals surface area contributed by atoms with E-state index < -0.39 is 0 Å². The number of fused-ring (bicyclic) bond motifs is 2. The Morgan fingerprint density at radius 1 is 1.35 bits per heavy atom. The smallest absolute Gasteiger partial charge is 0.245 e. The summed E-state index contributed by atoms with van der Waals surface area (Å²) in [6.07, 6.45) is 0.800. The minimum absolute atomic E-state index is 0.0175. The fourth-order valence-electron chi connectivity index (χ4n) is 2.55. The van der Waals surface area contributed by atoms with Crippen LogP contribution in [0, 0.1) is 0 Å². The Kier molecular flexibility index (Phi) is 2.35. The standard InChI is InChI=1S/C13H14N2O2/c1-17-13-11-6-9-4-2-3-5-10(9)8-15(11)12(16)7-14-13/h2-5,11H,6-8H2,1H3/t11-/m0/s1. The third kappa shape index (κ3) is 1.60. The molecule has 88 valence electrons. The van der Waals surface area contributed by atoms with Crippen molar-refractivity contribution >= 4 is 11.8 Å². The van der Waals surface area contributed by atoms with Gasteiger partial charge >= 0.3 is 0 Å². The first-order valence-corrected chi connectivity index (χ1v) is 5.74. The molecule has 1 atom stereocenters. The number of hydrogen-bond acceptors (Lipinski definition) is 3. The topological polar surface area (TPSA) is 41.9 Å². The highest BCUT2D eigenvalue weighted by Crippen LogP contribution is 2.26. The molecule has 0 saturated carbocycles. The molecule has 0 spiro atoms. The lowest BCUT2D eigenvalue weighted by Gasteiger charge is -2.38. The van der Waals surface area contributed by atoms with Gasteiger partial charge in [0.2, 0.25) is 11.8 Å². The molecule has 0 N–H and O–H groups in total. The number of benzene rings is 1. The van der Waals surface area contributed by atoms with Crippen molar-refractivity contribution in [2.45, 2.75) is 19.0 Å². The van der Waals surface area contributed by atoms with Gasteiger partial charge in [-0.3, -0.25) is 4.79 Å². The van der Waals surface area contributed by atoms with Crippen LogP contribution in [0.4, 0.5) is 0 Å². The van der Waals surface area contributed by atoms with Crippen molar-refractivity contribution < 1.29 is 9.53 Å². The Labute approximate surface area is 99.9 Å². The maximum absolute atomic E-state index is 11.9. The van der Waals surface area contributed by atoms with Crippen LogP contribution in [0.5, 0.6) is 0 Å². The number of hydrogen-bond donors (Lipinski definition) is 0. The van der Waals surface area contributed by atoms with Crippen molar-refractivity contribution in [2.75, 3.05) is 13.7 Å². The van der Waals surface area contributed by atoms with Crippen LogP contribution in [0.25, 0.3) is 0 Å². The van der Waals surface area contributed by atoms with Crippen LogP contribution < -0.4 is 0 Å². The van der Waals surface area contributed by atoms with Crippen LogP contribution in [0.3, 0.4) is 0 Å². The molecule has 2 aliphatic rings. The van der Waals surface area contributed by atoms with E-state index in [1.54, 1.807) is 7.11 Å². The molecule has 0 bridgehead atoms. The van der Waals surface area contributed by atoms with Gasteiger partial charge in [0, 0.05) is 13.0 Å². The minimum Gasteiger partial charge on any atom is -0.483 e. The molecule has 3 rings (SSSR count). The van der Waals surface area contributed by atoms with E-state index in [-0.39, 0.29) is 18.5 Å². The van der Waals surface area contributed by atoms with Crippen molar-refractivity contribution in [3.63, 3.8) is 0 Å². The average molecular weight is 230 g/mol. The Bertz CT molecular complexity index is 496. The van der Waals surface area contributed by atoms with Crippen LogP contribution in [0.15, 0.2) is 29.3 Å². The molecule has 4 heteroatoms. The van der Waals surface area contributed by atoms with Gasteiger partial charge < -0.3 is 9.64 Å². The zero-order chi connectivity index (χ0) is 11.8. The quantitative estimate of drug-likeness (QED) is 0.667. The van der Waals surface area contributed by atoms with E-state index in [1.807, 2.05) is 17.0 Å². The van der Waals surface area contributed by atoms with Crippen LogP contribution in [0.1, 0.15) is 11.1 Å². The van der Waals surface area contributed by atoms with Gasteiger partial charge in [0.05, 0.1) is 7.11 Å². The number of amides is 1. The van der Waals surface area contributed by atoms with E-state index in [1.165, 1.54) is 11.1 Å². The van der Waals surface area contributed by atoms with E-state index in [4.69, 9.17) is 4.74 Å². The summed E-state index contributed by atoms with van der Waals surface area (Å²) in [5, 5.41) is 0. The zero-order valence-corrected chi connectivity index (χ0v) is 9.72. The van der Waals surface area contributed by atoms with Crippen LogP contribution in [0.2, 0.25) is 0 Å². The lowest BCUT2D eigenvalue weighted by Crippen LogP contribution is -2.52. The average Bonchev–Trinajstić information content (AvgIpc) is 2.38. The van der Waals surface area contributed by atoms with Crippen molar-refractivity contribution in [3.8, 4) is 0 Å². The molecule has 1 aromatic rings.